The van der Waals surface area contributed by atoms with Gasteiger partial charge < -0.3 is 15.0 Å². The highest BCUT2D eigenvalue weighted by Gasteiger charge is 2.27. The number of morpholine rings is 1. The van der Waals surface area contributed by atoms with Gasteiger partial charge in [0.2, 0.25) is 15.9 Å². The Labute approximate surface area is 185 Å². The molecule has 1 amide bonds. The Morgan fingerprint density at radius 2 is 1.74 bits per heavy atom. The number of carbonyl (C=O) groups excluding carboxylic acids is 1. The molecule has 1 heterocycles. The standard InChI is InChI=1S/C23H31N3O4S/c1-3-25(4-2)22-12-11-20(31(28,29)26-14-16-30-17-15-26)18-21(22)24-23(27)13-10-19-8-6-5-7-9-19/h5-9,11-12,18H,3-4,10,13-17H2,1-2H3,(H,24,27). The molecule has 0 aromatic heterocycles. The number of rotatable bonds is 9. The molecule has 0 aliphatic carbocycles. The molecule has 0 bridgehead atoms. The van der Waals surface area contributed by atoms with E-state index in [1.807, 2.05) is 44.2 Å². The SMILES string of the molecule is CCN(CC)c1ccc(S(=O)(=O)N2CCOCC2)cc1NC(=O)CCc1ccccc1. The lowest BCUT2D eigenvalue weighted by atomic mass is 10.1. The molecule has 0 unspecified atom stereocenters. The third-order valence-electron chi connectivity index (χ3n) is 5.44. The molecule has 0 atom stereocenters. The molecule has 8 heteroatoms. The van der Waals surface area contributed by atoms with Gasteiger partial charge in [0.25, 0.3) is 0 Å². The van der Waals surface area contributed by atoms with Crippen LogP contribution in [-0.4, -0.2) is 58.0 Å². The first kappa shape index (κ1) is 23.2. The quantitative estimate of drug-likeness (QED) is 0.642. The topological polar surface area (TPSA) is 79.0 Å². The van der Waals surface area contributed by atoms with E-state index in [9.17, 15) is 13.2 Å². The molecule has 1 N–H and O–H groups in total. The number of amides is 1. The van der Waals surface area contributed by atoms with Crippen LogP contribution in [0, 0.1) is 0 Å². The van der Waals surface area contributed by atoms with Crippen LogP contribution in [0.5, 0.6) is 0 Å². The van der Waals surface area contributed by atoms with E-state index in [1.165, 1.54) is 4.31 Å². The molecule has 2 aromatic carbocycles. The third kappa shape index (κ3) is 5.84. The lowest BCUT2D eigenvalue weighted by molar-refractivity contribution is -0.116. The maximum Gasteiger partial charge on any atom is 0.243 e. The lowest BCUT2D eigenvalue weighted by Crippen LogP contribution is -2.40. The van der Waals surface area contributed by atoms with Gasteiger partial charge in [-0.2, -0.15) is 4.31 Å². The molecule has 1 aliphatic rings. The summed E-state index contributed by atoms with van der Waals surface area (Å²) in [7, 11) is -3.65. The van der Waals surface area contributed by atoms with E-state index in [2.05, 4.69) is 10.2 Å². The van der Waals surface area contributed by atoms with Crippen molar-refractivity contribution in [3.63, 3.8) is 0 Å². The van der Waals surface area contributed by atoms with Crippen molar-refractivity contribution in [2.45, 2.75) is 31.6 Å². The zero-order chi connectivity index (χ0) is 22.3. The molecular formula is C23H31N3O4S. The Balaban J connectivity index is 1.84. The number of hydrogen-bond acceptors (Lipinski definition) is 5. The summed E-state index contributed by atoms with van der Waals surface area (Å²) in [4.78, 5) is 15.0. The van der Waals surface area contributed by atoms with E-state index in [4.69, 9.17) is 4.74 Å². The smallest absolute Gasteiger partial charge is 0.243 e. The summed E-state index contributed by atoms with van der Waals surface area (Å²) in [5.74, 6) is -0.141. The molecule has 0 saturated carbocycles. The second-order valence-electron chi connectivity index (χ2n) is 7.40. The van der Waals surface area contributed by atoms with Gasteiger partial charge in [-0.15, -0.1) is 0 Å². The first-order valence-corrected chi connectivity index (χ1v) is 12.2. The molecule has 2 aromatic rings. The number of anilines is 2. The van der Waals surface area contributed by atoms with Gasteiger partial charge in [0.05, 0.1) is 29.5 Å². The number of sulfonamides is 1. The molecule has 1 aliphatic heterocycles. The van der Waals surface area contributed by atoms with Crippen LogP contribution < -0.4 is 10.2 Å². The highest BCUT2D eigenvalue weighted by molar-refractivity contribution is 7.89. The maximum absolute atomic E-state index is 13.1. The van der Waals surface area contributed by atoms with E-state index in [-0.39, 0.29) is 10.8 Å². The summed E-state index contributed by atoms with van der Waals surface area (Å²) in [6, 6.07) is 14.8. The van der Waals surface area contributed by atoms with Crippen LogP contribution in [-0.2, 0) is 26.0 Å². The predicted octanol–water partition coefficient (Wildman–Crippen LogP) is 3.13. The van der Waals surface area contributed by atoms with Crippen molar-refractivity contribution in [3.05, 3.63) is 54.1 Å². The van der Waals surface area contributed by atoms with Crippen molar-refractivity contribution in [1.82, 2.24) is 4.31 Å². The maximum atomic E-state index is 13.1. The highest BCUT2D eigenvalue weighted by Crippen LogP contribution is 2.30. The Morgan fingerprint density at radius 3 is 2.39 bits per heavy atom. The second kappa shape index (κ2) is 10.7. The molecule has 1 fully saturated rings. The van der Waals surface area contributed by atoms with E-state index in [0.29, 0.717) is 44.8 Å². The third-order valence-corrected chi connectivity index (χ3v) is 7.33. The van der Waals surface area contributed by atoms with Gasteiger partial charge in [-0.3, -0.25) is 4.79 Å². The normalized spacial score (nSPS) is 14.9. The number of carbonyl (C=O) groups is 1. The minimum absolute atomic E-state index is 0.141. The lowest BCUT2D eigenvalue weighted by Gasteiger charge is -2.28. The Bertz CT molecular complexity index is 970. The summed E-state index contributed by atoms with van der Waals surface area (Å²) in [6.45, 7) is 7.00. The number of nitrogens with one attached hydrogen (secondary N) is 1. The number of benzene rings is 2. The zero-order valence-corrected chi connectivity index (χ0v) is 19.0. The average Bonchev–Trinajstić information content (AvgIpc) is 2.80. The Morgan fingerprint density at radius 1 is 1.06 bits per heavy atom. The largest absolute Gasteiger partial charge is 0.379 e. The van der Waals surface area contributed by atoms with Crippen LogP contribution in [0.15, 0.2) is 53.4 Å². The van der Waals surface area contributed by atoms with Gasteiger partial charge >= 0.3 is 0 Å². The molecule has 7 nitrogen and oxygen atoms in total. The van der Waals surface area contributed by atoms with Gasteiger partial charge in [-0.05, 0) is 44.0 Å². The molecular weight excluding hydrogens is 414 g/mol. The van der Waals surface area contributed by atoms with E-state index >= 15 is 0 Å². The fourth-order valence-corrected chi connectivity index (χ4v) is 5.10. The fourth-order valence-electron chi connectivity index (χ4n) is 3.67. The number of aryl methyl sites for hydroxylation is 1. The molecule has 31 heavy (non-hydrogen) atoms. The molecule has 168 valence electrons. The Kier molecular flexibility index (Phi) is 8.06. The summed E-state index contributed by atoms with van der Waals surface area (Å²) < 4.78 is 32.9. The molecule has 0 radical (unpaired) electrons. The highest BCUT2D eigenvalue weighted by atomic mass is 32.2. The minimum Gasteiger partial charge on any atom is -0.379 e. The summed E-state index contributed by atoms with van der Waals surface area (Å²) in [6.07, 6.45) is 0.946. The van der Waals surface area contributed by atoms with Gasteiger partial charge in [0.1, 0.15) is 0 Å². The summed E-state index contributed by atoms with van der Waals surface area (Å²) in [5.41, 5.74) is 2.43. The van der Waals surface area contributed by atoms with Crippen molar-refractivity contribution >= 4 is 27.3 Å². The fraction of sp³-hybridized carbons (Fsp3) is 0.435. The van der Waals surface area contributed by atoms with Crippen LogP contribution in [0.4, 0.5) is 11.4 Å². The number of hydrogen-bond donors (Lipinski definition) is 1. The van der Waals surface area contributed by atoms with Crippen molar-refractivity contribution in [2.24, 2.45) is 0 Å². The second-order valence-corrected chi connectivity index (χ2v) is 9.34. The number of ether oxygens (including phenoxy) is 1. The van der Waals surface area contributed by atoms with Crippen molar-refractivity contribution in [1.29, 1.82) is 0 Å². The molecule has 0 spiro atoms. The van der Waals surface area contributed by atoms with Crippen LogP contribution in [0.2, 0.25) is 0 Å². The predicted molar refractivity (Wildman–Crippen MR) is 123 cm³/mol. The zero-order valence-electron chi connectivity index (χ0n) is 18.2. The van der Waals surface area contributed by atoms with Crippen LogP contribution in [0.3, 0.4) is 0 Å². The van der Waals surface area contributed by atoms with Crippen molar-refractivity contribution in [3.8, 4) is 0 Å². The summed E-state index contributed by atoms with van der Waals surface area (Å²) in [5, 5.41) is 2.96. The summed E-state index contributed by atoms with van der Waals surface area (Å²) >= 11 is 0. The first-order chi connectivity index (χ1) is 15.0. The van der Waals surface area contributed by atoms with Crippen LogP contribution in [0.1, 0.15) is 25.8 Å². The minimum atomic E-state index is -3.65. The van der Waals surface area contributed by atoms with E-state index in [1.54, 1.807) is 18.2 Å². The van der Waals surface area contributed by atoms with Gasteiger partial charge in [0.15, 0.2) is 0 Å². The van der Waals surface area contributed by atoms with Gasteiger partial charge in [0, 0.05) is 32.6 Å². The average molecular weight is 446 g/mol. The molecule has 1 saturated heterocycles. The van der Waals surface area contributed by atoms with Crippen LogP contribution >= 0.6 is 0 Å². The van der Waals surface area contributed by atoms with Gasteiger partial charge in [-0.1, -0.05) is 30.3 Å². The Hall–Kier alpha value is -2.42. The van der Waals surface area contributed by atoms with Crippen molar-refractivity contribution in [2.75, 3.05) is 49.6 Å². The van der Waals surface area contributed by atoms with E-state index in [0.717, 1.165) is 24.3 Å². The molecule has 3 rings (SSSR count). The van der Waals surface area contributed by atoms with Crippen LogP contribution in [0.25, 0.3) is 0 Å². The van der Waals surface area contributed by atoms with Crippen molar-refractivity contribution < 1.29 is 17.9 Å². The van der Waals surface area contributed by atoms with E-state index < -0.39 is 10.0 Å². The monoisotopic (exact) mass is 445 g/mol. The first-order valence-electron chi connectivity index (χ1n) is 10.8. The number of nitrogens with zero attached hydrogens (tertiary/aromatic N) is 2. The van der Waals surface area contributed by atoms with Gasteiger partial charge in [-0.25, -0.2) is 8.42 Å².